The number of aryl methyl sites for hydroxylation is 1. The molecule has 0 unspecified atom stereocenters. The Morgan fingerprint density at radius 3 is 2.72 bits per heavy atom. The minimum absolute atomic E-state index is 0.0450. The number of carbonyl (C=O) groups is 2. The molecule has 7 heteroatoms. The molecule has 0 fully saturated rings. The number of carboxylic acids is 1. The largest absolute Gasteiger partial charge is 0.481 e. The average molecular weight is 272 g/mol. The molecular formula is C11H16N2O4S. The molecule has 1 aromatic rings. The third-order valence-electron chi connectivity index (χ3n) is 2.43. The lowest BCUT2D eigenvalue weighted by molar-refractivity contribution is -0.137. The first-order valence-corrected chi connectivity index (χ1v) is 6.52. The smallest absolute Gasteiger partial charge is 0.307 e. The summed E-state index contributed by atoms with van der Waals surface area (Å²) in [5, 5.41) is 12.8. The van der Waals surface area contributed by atoms with Crippen LogP contribution in [0.2, 0.25) is 0 Å². The van der Waals surface area contributed by atoms with E-state index in [4.69, 9.17) is 5.11 Å². The number of hydrogen-bond donors (Lipinski definition) is 2. The second kappa shape index (κ2) is 6.95. The summed E-state index contributed by atoms with van der Waals surface area (Å²) in [6.07, 6.45) is 0.687. The van der Waals surface area contributed by atoms with E-state index in [-0.39, 0.29) is 23.6 Å². The number of amides is 1. The van der Waals surface area contributed by atoms with Crippen LogP contribution in [-0.2, 0) is 16.1 Å². The highest BCUT2D eigenvalue weighted by molar-refractivity contribution is 7.07. The summed E-state index contributed by atoms with van der Waals surface area (Å²) in [6.45, 7) is 2.53. The van der Waals surface area contributed by atoms with Crippen LogP contribution < -0.4 is 10.2 Å². The Balaban J connectivity index is 2.25. The van der Waals surface area contributed by atoms with E-state index in [0.717, 1.165) is 17.0 Å². The van der Waals surface area contributed by atoms with Crippen LogP contribution in [0.1, 0.15) is 25.0 Å². The molecule has 0 spiro atoms. The molecule has 0 bridgehead atoms. The molecule has 18 heavy (non-hydrogen) atoms. The fraction of sp³-hybridized carbons (Fsp3) is 0.545. The number of aliphatic carboxylic acids is 1. The van der Waals surface area contributed by atoms with Crippen LogP contribution in [0, 0.1) is 6.92 Å². The van der Waals surface area contributed by atoms with Crippen LogP contribution in [-0.4, -0.2) is 28.1 Å². The van der Waals surface area contributed by atoms with E-state index in [0.29, 0.717) is 19.5 Å². The van der Waals surface area contributed by atoms with Crippen molar-refractivity contribution in [1.82, 2.24) is 9.88 Å². The summed E-state index contributed by atoms with van der Waals surface area (Å²) in [4.78, 5) is 33.0. The highest BCUT2D eigenvalue weighted by Crippen LogP contribution is 2.00. The van der Waals surface area contributed by atoms with Gasteiger partial charge in [0, 0.05) is 37.0 Å². The molecule has 0 aliphatic heterocycles. The van der Waals surface area contributed by atoms with E-state index in [1.165, 1.54) is 0 Å². The molecule has 0 atom stereocenters. The van der Waals surface area contributed by atoms with Gasteiger partial charge in [0.1, 0.15) is 0 Å². The predicted molar refractivity (Wildman–Crippen MR) is 67.8 cm³/mol. The molecule has 1 rings (SSSR count). The van der Waals surface area contributed by atoms with Gasteiger partial charge in [0.15, 0.2) is 0 Å². The van der Waals surface area contributed by atoms with Gasteiger partial charge in [-0.05, 0) is 13.3 Å². The summed E-state index contributed by atoms with van der Waals surface area (Å²) in [5.74, 6) is -1.04. The normalized spacial score (nSPS) is 10.3. The van der Waals surface area contributed by atoms with E-state index in [2.05, 4.69) is 5.32 Å². The maximum atomic E-state index is 11.4. The first-order valence-electron chi connectivity index (χ1n) is 5.64. The lowest BCUT2D eigenvalue weighted by Gasteiger charge is -2.05. The fourth-order valence-corrected chi connectivity index (χ4v) is 2.20. The Labute approximate surface area is 108 Å². The number of nitrogens with one attached hydrogen (secondary N) is 1. The Morgan fingerprint density at radius 1 is 1.44 bits per heavy atom. The SMILES string of the molecule is Cc1csc(=O)n1CCC(=O)NCCCC(=O)O. The molecule has 0 aromatic carbocycles. The number of rotatable bonds is 7. The van der Waals surface area contributed by atoms with Gasteiger partial charge in [-0.2, -0.15) is 0 Å². The quantitative estimate of drug-likeness (QED) is 0.711. The zero-order valence-electron chi connectivity index (χ0n) is 10.1. The maximum Gasteiger partial charge on any atom is 0.307 e. The monoisotopic (exact) mass is 272 g/mol. The Hall–Kier alpha value is -1.63. The number of aromatic nitrogens is 1. The van der Waals surface area contributed by atoms with Crippen LogP contribution in [0.5, 0.6) is 0 Å². The third kappa shape index (κ3) is 4.70. The zero-order chi connectivity index (χ0) is 13.5. The summed E-state index contributed by atoms with van der Waals surface area (Å²) >= 11 is 1.12. The molecule has 0 saturated carbocycles. The highest BCUT2D eigenvalue weighted by atomic mass is 32.1. The summed E-state index contributed by atoms with van der Waals surface area (Å²) in [7, 11) is 0. The van der Waals surface area contributed by atoms with Crippen LogP contribution in [0.15, 0.2) is 10.2 Å². The molecule has 6 nitrogen and oxygen atoms in total. The predicted octanol–water partition coefficient (Wildman–Crippen LogP) is 0.589. The Morgan fingerprint density at radius 2 is 2.17 bits per heavy atom. The molecule has 100 valence electrons. The van der Waals surface area contributed by atoms with Crippen molar-refractivity contribution in [3.8, 4) is 0 Å². The first kappa shape index (κ1) is 14.4. The molecule has 0 radical (unpaired) electrons. The van der Waals surface area contributed by atoms with Crippen molar-refractivity contribution in [3.05, 3.63) is 20.7 Å². The lowest BCUT2D eigenvalue weighted by Crippen LogP contribution is -2.27. The minimum Gasteiger partial charge on any atom is -0.481 e. The van der Waals surface area contributed by atoms with Crippen molar-refractivity contribution < 1.29 is 14.7 Å². The molecular weight excluding hydrogens is 256 g/mol. The van der Waals surface area contributed by atoms with Gasteiger partial charge in [0.2, 0.25) is 5.91 Å². The number of carbonyl (C=O) groups excluding carboxylic acids is 1. The van der Waals surface area contributed by atoms with Crippen molar-refractivity contribution in [3.63, 3.8) is 0 Å². The molecule has 1 heterocycles. The molecule has 0 aliphatic carbocycles. The fourth-order valence-electron chi connectivity index (χ4n) is 1.44. The van der Waals surface area contributed by atoms with Crippen molar-refractivity contribution in [2.75, 3.05) is 6.54 Å². The maximum absolute atomic E-state index is 11.4. The Bertz CT molecular complexity index is 478. The van der Waals surface area contributed by atoms with Gasteiger partial charge in [-0.3, -0.25) is 14.4 Å². The average Bonchev–Trinajstić information content (AvgIpc) is 2.62. The summed E-state index contributed by atoms with van der Waals surface area (Å²) in [6, 6.07) is 0. The van der Waals surface area contributed by atoms with Gasteiger partial charge < -0.3 is 15.0 Å². The van der Waals surface area contributed by atoms with E-state index in [1.54, 1.807) is 9.95 Å². The number of nitrogens with zero attached hydrogens (tertiary/aromatic N) is 1. The Kier molecular flexibility index (Phi) is 5.57. The van der Waals surface area contributed by atoms with Crippen LogP contribution in [0.3, 0.4) is 0 Å². The van der Waals surface area contributed by atoms with Crippen molar-refractivity contribution >= 4 is 23.2 Å². The van der Waals surface area contributed by atoms with Crippen molar-refractivity contribution in [1.29, 1.82) is 0 Å². The van der Waals surface area contributed by atoms with Gasteiger partial charge in [0.25, 0.3) is 0 Å². The van der Waals surface area contributed by atoms with Gasteiger partial charge in [0.05, 0.1) is 0 Å². The molecule has 2 N–H and O–H groups in total. The number of carboxylic acid groups (broad SMARTS) is 1. The molecule has 1 aromatic heterocycles. The van der Waals surface area contributed by atoms with Gasteiger partial charge >= 0.3 is 10.8 Å². The molecule has 1 amide bonds. The number of hydrogen-bond acceptors (Lipinski definition) is 4. The van der Waals surface area contributed by atoms with Crippen LogP contribution in [0.25, 0.3) is 0 Å². The second-order valence-corrected chi connectivity index (χ2v) is 4.71. The van der Waals surface area contributed by atoms with Crippen LogP contribution in [0.4, 0.5) is 0 Å². The van der Waals surface area contributed by atoms with Crippen molar-refractivity contribution in [2.45, 2.75) is 32.7 Å². The highest BCUT2D eigenvalue weighted by Gasteiger charge is 2.06. The van der Waals surface area contributed by atoms with E-state index in [9.17, 15) is 14.4 Å². The number of thiazole rings is 1. The van der Waals surface area contributed by atoms with Gasteiger partial charge in [-0.15, -0.1) is 0 Å². The standard InChI is InChI=1S/C11H16N2O4S/c1-8-7-18-11(17)13(8)6-4-9(14)12-5-2-3-10(15)16/h7H,2-6H2,1H3,(H,12,14)(H,15,16). The van der Waals surface area contributed by atoms with Gasteiger partial charge in [-0.25, -0.2) is 0 Å². The summed E-state index contributed by atoms with van der Waals surface area (Å²) < 4.78 is 1.56. The third-order valence-corrected chi connectivity index (χ3v) is 3.31. The van der Waals surface area contributed by atoms with Crippen LogP contribution >= 0.6 is 11.3 Å². The second-order valence-electron chi connectivity index (χ2n) is 3.89. The van der Waals surface area contributed by atoms with E-state index in [1.807, 2.05) is 6.92 Å². The zero-order valence-corrected chi connectivity index (χ0v) is 11.0. The van der Waals surface area contributed by atoms with Crippen molar-refractivity contribution in [2.24, 2.45) is 0 Å². The first-order chi connectivity index (χ1) is 8.50. The molecule has 0 aliphatic rings. The summed E-state index contributed by atoms with van der Waals surface area (Å²) in [5.41, 5.74) is 0.851. The van der Waals surface area contributed by atoms with Gasteiger partial charge in [-0.1, -0.05) is 11.3 Å². The topological polar surface area (TPSA) is 88.4 Å². The minimum atomic E-state index is -0.871. The van der Waals surface area contributed by atoms with E-state index < -0.39 is 5.97 Å². The van der Waals surface area contributed by atoms with E-state index >= 15 is 0 Å². The lowest BCUT2D eigenvalue weighted by atomic mass is 10.3. The molecule has 0 saturated heterocycles.